The zero-order valence-corrected chi connectivity index (χ0v) is 20.7. The molecule has 0 aliphatic heterocycles. The second kappa shape index (κ2) is 13.7. The SMILES string of the molecule is CNC(CC(=O)NC[C@H](C)N(C)C(=O)C(CC(=O)O)Cc1ccccc1)Cc1ccc(Cl)cc1. The van der Waals surface area contributed by atoms with Crippen LogP contribution in [0, 0.1) is 5.92 Å². The van der Waals surface area contributed by atoms with Crippen molar-refractivity contribution in [3.05, 3.63) is 70.7 Å². The molecule has 0 saturated carbocycles. The minimum absolute atomic E-state index is 0.0401. The molecule has 2 unspecified atom stereocenters. The molecule has 184 valence electrons. The number of carbonyl (C=O) groups excluding carboxylic acids is 2. The van der Waals surface area contributed by atoms with E-state index in [2.05, 4.69) is 10.6 Å². The van der Waals surface area contributed by atoms with E-state index in [-0.39, 0.29) is 36.9 Å². The molecule has 0 aliphatic rings. The Balaban J connectivity index is 1.88. The Morgan fingerprint density at radius 3 is 2.18 bits per heavy atom. The quantitative estimate of drug-likeness (QED) is 0.403. The number of halogens is 1. The van der Waals surface area contributed by atoms with E-state index in [9.17, 15) is 19.5 Å². The highest BCUT2D eigenvalue weighted by Gasteiger charge is 2.27. The topological polar surface area (TPSA) is 98.7 Å². The van der Waals surface area contributed by atoms with E-state index in [0.717, 1.165) is 11.1 Å². The second-order valence-corrected chi connectivity index (χ2v) is 9.04. The monoisotopic (exact) mass is 487 g/mol. The number of benzene rings is 2. The van der Waals surface area contributed by atoms with Gasteiger partial charge in [-0.3, -0.25) is 14.4 Å². The van der Waals surface area contributed by atoms with E-state index in [4.69, 9.17) is 11.6 Å². The Hall–Kier alpha value is -2.90. The fourth-order valence-corrected chi connectivity index (χ4v) is 3.86. The summed E-state index contributed by atoms with van der Waals surface area (Å²) in [5.41, 5.74) is 1.99. The highest BCUT2D eigenvalue weighted by atomic mass is 35.5. The van der Waals surface area contributed by atoms with E-state index in [1.165, 1.54) is 4.90 Å². The Bertz CT molecular complexity index is 937. The van der Waals surface area contributed by atoms with Gasteiger partial charge in [0, 0.05) is 37.1 Å². The van der Waals surface area contributed by atoms with Crippen molar-refractivity contribution in [3.63, 3.8) is 0 Å². The van der Waals surface area contributed by atoms with Gasteiger partial charge in [0.15, 0.2) is 0 Å². The Morgan fingerprint density at radius 2 is 1.59 bits per heavy atom. The van der Waals surface area contributed by atoms with Gasteiger partial charge in [-0.05, 0) is 50.1 Å². The van der Waals surface area contributed by atoms with E-state index in [1.54, 1.807) is 7.05 Å². The van der Waals surface area contributed by atoms with Crippen LogP contribution in [0.2, 0.25) is 5.02 Å². The van der Waals surface area contributed by atoms with Crippen molar-refractivity contribution in [2.45, 2.75) is 44.7 Å². The minimum Gasteiger partial charge on any atom is -0.481 e. The Morgan fingerprint density at radius 1 is 0.971 bits per heavy atom. The molecule has 0 spiro atoms. The average molecular weight is 488 g/mol. The third kappa shape index (κ3) is 9.15. The normalized spacial score (nSPS) is 13.5. The number of carboxylic acids is 1. The molecule has 0 heterocycles. The van der Waals surface area contributed by atoms with Crippen LogP contribution in [0.3, 0.4) is 0 Å². The summed E-state index contributed by atoms with van der Waals surface area (Å²) < 4.78 is 0. The lowest BCUT2D eigenvalue weighted by Gasteiger charge is -2.29. The summed E-state index contributed by atoms with van der Waals surface area (Å²) in [7, 11) is 3.47. The van der Waals surface area contributed by atoms with Crippen LogP contribution in [0.25, 0.3) is 0 Å². The van der Waals surface area contributed by atoms with Crippen molar-refractivity contribution in [1.82, 2.24) is 15.5 Å². The van der Waals surface area contributed by atoms with Crippen LogP contribution in [0.15, 0.2) is 54.6 Å². The second-order valence-electron chi connectivity index (χ2n) is 8.61. The first-order valence-corrected chi connectivity index (χ1v) is 11.8. The number of rotatable bonds is 13. The maximum atomic E-state index is 13.1. The molecule has 0 aromatic heterocycles. The first-order valence-electron chi connectivity index (χ1n) is 11.4. The lowest BCUT2D eigenvalue weighted by atomic mass is 9.94. The molecule has 8 heteroatoms. The van der Waals surface area contributed by atoms with Crippen molar-refractivity contribution >= 4 is 29.4 Å². The van der Waals surface area contributed by atoms with Crippen molar-refractivity contribution in [2.75, 3.05) is 20.6 Å². The molecule has 3 atom stereocenters. The highest BCUT2D eigenvalue weighted by molar-refractivity contribution is 6.30. The van der Waals surface area contributed by atoms with Gasteiger partial charge in [-0.2, -0.15) is 0 Å². The number of carbonyl (C=O) groups is 3. The van der Waals surface area contributed by atoms with E-state index in [0.29, 0.717) is 24.3 Å². The van der Waals surface area contributed by atoms with Crippen molar-refractivity contribution in [3.8, 4) is 0 Å². The summed E-state index contributed by atoms with van der Waals surface area (Å²) in [6, 6.07) is 16.6. The third-order valence-corrected chi connectivity index (χ3v) is 6.19. The molecule has 3 N–H and O–H groups in total. The minimum atomic E-state index is -1.01. The first-order chi connectivity index (χ1) is 16.2. The third-order valence-electron chi connectivity index (χ3n) is 5.93. The standard InChI is InChI=1S/C26H34ClN3O4/c1-18(17-29-24(31)16-23(28-2)14-20-9-11-22(27)12-10-20)30(3)26(34)21(15-25(32)33)13-19-7-5-4-6-8-19/h4-12,18,21,23,28H,13-17H2,1-3H3,(H,29,31)(H,32,33)/t18-,21?,23?/m0/s1. The summed E-state index contributed by atoms with van der Waals surface area (Å²) in [6.45, 7) is 2.12. The summed E-state index contributed by atoms with van der Waals surface area (Å²) in [5.74, 6) is -2.05. The largest absolute Gasteiger partial charge is 0.481 e. The van der Waals surface area contributed by atoms with Crippen LogP contribution < -0.4 is 10.6 Å². The molecule has 0 bridgehead atoms. The summed E-state index contributed by atoms with van der Waals surface area (Å²) in [6.07, 6.45) is 1.08. The van der Waals surface area contributed by atoms with Crippen molar-refractivity contribution in [1.29, 1.82) is 0 Å². The zero-order chi connectivity index (χ0) is 25.1. The summed E-state index contributed by atoms with van der Waals surface area (Å²) >= 11 is 5.93. The number of nitrogens with zero attached hydrogens (tertiary/aromatic N) is 1. The van der Waals surface area contributed by atoms with E-state index >= 15 is 0 Å². The first kappa shape index (κ1) is 27.3. The maximum Gasteiger partial charge on any atom is 0.304 e. The molecule has 7 nitrogen and oxygen atoms in total. The molecule has 2 amide bonds. The predicted octanol–water partition coefficient (Wildman–Crippen LogP) is 3.16. The number of nitrogens with one attached hydrogen (secondary N) is 2. The number of aliphatic carboxylic acids is 1. The van der Waals surface area contributed by atoms with Crippen LogP contribution in [0.4, 0.5) is 0 Å². The average Bonchev–Trinajstić information content (AvgIpc) is 2.82. The maximum absolute atomic E-state index is 13.1. The smallest absolute Gasteiger partial charge is 0.304 e. The molecule has 0 saturated heterocycles. The number of likely N-dealkylation sites (N-methyl/N-ethyl adjacent to an activating group) is 2. The zero-order valence-electron chi connectivity index (χ0n) is 20.0. The van der Waals surface area contributed by atoms with Gasteiger partial charge < -0.3 is 20.6 Å². The molecule has 34 heavy (non-hydrogen) atoms. The molecule has 0 aliphatic carbocycles. The lowest BCUT2D eigenvalue weighted by molar-refractivity contribution is -0.144. The fraction of sp³-hybridized carbons (Fsp3) is 0.423. The highest BCUT2D eigenvalue weighted by Crippen LogP contribution is 2.17. The molecular weight excluding hydrogens is 454 g/mol. The summed E-state index contributed by atoms with van der Waals surface area (Å²) in [5, 5.41) is 16.0. The van der Waals surface area contributed by atoms with Gasteiger partial charge in [0.1, 0.15) is 0 Å². The molecule has 2 aromatic carbocycles. The molecule has 2 rings (SSSR count). The van der Waals surface area contributed by atoms with Gasteiger partial charge in [-0.15, -0.1) is 0 Å². The molecule has 0 fully saturated rings. The molecule has 2 aromatic rings. The van der Waals surface area contributed by atoms with Crippen LogP contribution >= 0.6 is 11.6 Å². The van der Waals surface area contributed by atoms with Crippen LogP contribution in [0.5, 0.6) is 0 Å². The van der Waals surface area contributed by atoms with Crippen LogP contribution in [-0.4, -0.2) is 60.5 Å². The van der Waals surface area contributed by atoms with Gasteiger partial charge in [0.2, 0.25) is 11.8 Å². The fourth-order valence-electron chi connectivity index (χ4n) is 3.74. The molecule has 0 radical (unpaired) electrons. The van der Waals surface area contributed by atoms with Crippen molar-refractivity contribution in [2.24, 2.45) is 5.92 Å². The van der Waals surface area contributed by atoms with Crippen LogP contribution in [-0.2, 0) is 27.2 Å². The lowest BCUT2D eigenvalue weighted by Crippen LogP contribution is -2.46. The van der Waals surface area contributed by atoms with Crippen LogP contribution in [0.1, 0.15) is 30.9 Å². The van der Waals surface area contributed by atoms with Gasteiger partial charge in [0.25, 0.3) is 0 Å². The Labute approximate surface area is 206 Å². The van der Waals surface area contributed by atoms with Gasteiger partial charge in [0.05, 0.1) is 12.3 Å². The van der Waals surface area contributed by atoms with Crippen molar-refractivity contribution < 1.29 is 19.5 Å². The predicted molar refractivity (Wildman–Crippen MR) is 134 cm³/mol. The van der Waals surface area contributed by atoms with E-state index < -0.39 is 11.9 Å². The van der Waals surface area contributed by atoms with Gasteiger partial charge >= 0.3 is 5.97 Å². The van der Waals surface area contributed by atoms with E-state index in [1.807, 2.05) is 68.6 Å². The Kier molecular flexibility index (Phi) is 11.0. The number of hydrogen-bond acceptors (Lipinski definition) is 4. The van der Waals surface area contributed by atoms with Gasteiger partial charge in [-0.1, -0.05) is 54.1 Å². The number of hydrogen-bond donors (Lipinski definition) is 3. The number of carboxylic acid groups (broad SMARTS) is 1. The summed E-state index contributed by atoms with van der Waals surface area (Å²) in [4.78, 5) is 38.4. The van der Waals surface area contributed by atoms with Gasteiger partial charge in [-0.25, -0.2) is 0 Å². The molecular formula is C26H34ClN3O4. The number of amides is 2.